The smallest absolute Gasteiger partial charge is 0.335 e. The number of hydrogen-bond donors (Lipinski definition) is 2. The number of benzene rings is 1. The summed E-state index contributed by atoms with van der Waals surface area (Å²) in [7, 11) is -2.49. The largest absolute Gasteiger partial charge is 0.478 e. The molecule has 0 amide bonds. The van der Waals surface area contributed by atoms with Crippen molar-refractivity contribution in [2.45, 2.75) is 5.03 Å². The van der Waals surface area contributed by atoms with E-state index in [2.05, 4.69) is 4.98 Å². The van der Waals surface area contributed by atoms with E-state index in [1.165, 1.54) is 17.1 Å². The number of carboxylic acids is 1. The van der Waals surface area contributed by atoms with Crippen LogP contribution in [0.3, 0.4) is 0 Å². The Morgan fingerprint density at radius 1 is 1.45 bits per heavy atom. The maximum absolute atomic E-state index is 13.5. The van der Waals surface area contributed by atoms with Gasteiger partial charge in [-0.1, -0.05) is 0 Å². The molecule has 0 bridgehead atoms. The first-order chi connectivity index (χ1) is 9.29. The van der Waals surface area contributed by atoms with Crippen molar-refractivity contribution < 1.29 is 22.7 Å². The van der Waals surface area contributed by atoms with E-state index in [-0.39, 0.29) is 10.6 Å². The van der Waals surface area contributed by atoms with Gasteiger partial charge in [0.15, 0.2) is 5.03 Å². The molecule has 0 radical (unpaired) electrons. The van der Waals surface area contributed by atoms with Gasteiger partial charge in [-0.2, -0.15) is 8.42 Å². The molecule has 9 heteroatoms. The van der Waals surface area contributed by atoms with Crippen molar-refractivity contribution in [3.8, 4) is 0 Å². The number of nitrogens with zero attached hydrogens (tertiary/aromatic N) is 2. The highest BCUT2D eigenvalue weighted by Gasteiger charge is 2.19. The molecule has 0 unspecified atom stereocenters. The van der Waals surface area contributed by atoms with Crippen LogP contribution in [0.25, 0.3) is 0 Å². The number of carboxylic acid groups (broad SMARTS) is 1. The molecule has 0 aliphatic carbocycles. The molecule has 1 heterocycles. The Labute approximate surface area is 113 Å². The zero-order valence-electron chi connectivity index (χ0n) is 10.2. The first kappa shape index (κ1) is 14.0. The van der Waals surface area contributed by atoms with E-state index in [0.717, 1.165) is 18.2 Å². The summed E-state index contributed by atoms with van der Waals surface area (Å²) in [4.78, 5) is 14.4. The topological polar surface area (TPSA) is 101 Å². The van der Waals surface area contributed by atoms with E-state index in [1.54, 1.807) is 7.05 Å². The molecule has 1 aromatic heterocycles. The van der Waals surface area contributed by atoms with E-state index >= 15 is 0 Å². The van der Waals surface area contributed by atoms with Gasteiger partial charge in [-0.3, -0.25) is 4.72 Å². The van der Waals surface area contributed by atoms with Crippen molar-refractivity contribution in [1.82, 2.24) is 9.55 Å². The number of sulfonamides is 1. The number of rotatable bonds is 4. The van der Waals surface area contributed by atoms with Crippen LogP contribution in [-0.2, 0) is 17.1 Å². The maximum atomic E-state index is 13.5. The molecule has 0 fully saturated rings. The van der Waals surface area contributed by atoms with Gasteiger partial charge in [-0.15, -0.1) is 0 Å². The zero-order valence-corrected chi connectivity index (χ0v) is 11.1. The molecule has 0 aliphatic heterocycles. The Balaban J connectivity index is 2.39. The van der Waals surface area contributed by atoms with Crippen molar-refractivity contribution >= 4 is 21.7 Å². The first-order valence-corrected chi connectivity index (χ1v) is 6.81. The molecule has 0 saturated carbocycles. The minimum Gasteiger partial charge on any atom is -0.478 e. The molecular weight excluding hydrogens is 289 g/mol. The fourth-order valence-electron chi connectivity index (χ4n) is 1.46. The summed E-state index contributed by atoms with van der Waals surface area (Å²) in [6, 6.07) is 2.81. The van der Waals surface area contributed by atoms with Gasteiger partial charge >= 0.3 is 5.97 Å². The summed E-state index contributed by atoms with van der Waals surface area (Å²) in [6.07, 6.45) is 2.51. The Bertz CT molecular complexity index is 770. The van der Waals surface area contributed by atoms with Gasteiger partial charge in [0.2, 0.25) is 0 Å². The highest BCUT2D eigenvalue weighted by atomic mass is 32.2. The molecule has 106 valence electrons. The van der Waals surface area contributed by atoms with Crippen LogP contribution in [-0.4, -0.2) is 29.0 Å². The Hall–Kier alpha value is -2.42. The molecule has 2 aromatic rings. The highest BCUT2D eigenvalue weighted by Crippen LogP contribution is 2.20. The van der Waals surface area contributed by atoms with Crippen molar-refractivity contribution in [2.24, 2.45) is 7.05 Å². The fourth-order valence-corrected chi connectivity index (χ4v) is 2.50. The molecule has 0 atom stereocenters. The molecule has 0 spiro atoms. The lowest BCUT2D eigenvalue weighted by Crippen LogP contribution is -2.15. The Kier molecular flexibility index (Phi) is 3.45. The average molecular weight is 299 g/mol. The summed E-state index contributed by atoms with van der Waals surface area (Å²) in [5, 5.41) is 8.51. The van der Waals surface area contributed by atoms with Gasteiger partial charge in [-0.25, -0.2) is 14.2 Å². The molecule has 20 heavy (non-hydrogen) atoms. The number of halogens is 1. The van der Waals surface area contributed by atoms with E-state index in [9.17, 15) is 17.6 Å². The maximum Gasteiger partial charge on any atom is 0.335 e. The average Bonchev–Trinajstić information content (AvgIpc) is 2.79. The van der Waals surface area contributed by atoms with Gasteiger partial charge < -0.3 is 9.67 Å². The third-order valence-corrected chi connectivity index (χ3v) is 3.66. The minimum atomic E-state index is -4.07. The summed E-state index contributed by atoms with van der Waals surface area (Å²) in [5.41, 5.74) is -0.680. The molecule has 2 rings (SSSR count). The number of aromatic nitrogens is 2. The van der Waals surface area contributed by atoms with E-state index < -0.39 is 27.5 Å². The van der Waals surface area contributed by atoms with E-state index in [4.69, 9.17) is 5.11 Å². The van der Waals surface area contributed by atoms with Gasteiger partial charge in [0.1, 0.15) is 5.82 Å². The van der Waals surface area contributed by atoms with Crippen molar-refractivity contribution in [3.63, 3.8) is 0 Å². The minimum absolute atomic E-state index is 0.231. The van der Waals surface area contributed by atoms with Gasteiger partial charge in [-0.05, 0) is 18.2 Å². The van der Waals surface area contributed by atoms with Crippen LogP contribution in [0.5, 0.6) is 0 Å². The van der Waals surface area contributed by atoms with Crippen molar-refractivity contribution in [2.75, 3.05) is 4.72 Å². The Morgan fingerprint density at radius 2 is 2.15 bits per heavy atom. The van der Waals surface area contributed by atoms with Crippen LogP contribution >= 0.6 is 0 Å². The summed E-state index contributed by atoms with van der Waals surface area (Å²) in [5.74, 6) is -2.17. The van der Waals surface area contributed by atoms with Gasteiger partial charge in [0.25, 0.3) is 10.0 Å². The van der Waals surface area contributed by atoms with Gasteiger partial charge in [0, 0.05) is 13.2 Å². The fraction of sp³-hybridized carbons (Fsp3) is 0.0909. The predicted octanol–water partition coefficient (Wildman–Crippen LogP) is 1.06. The van der Waals surface area contributed by atoms with Crippen LogP contribution in [0.4, 0.5) is 10.1 Å². The second-order valence-corrected chi connectivity index (χ2v) is 5.61. The lowest BCUT2D eigenvalue weighted by atomic mass is 10.2. The number of nitrogens with one attached hydrogen (secondary N) is 1. The quantitative estimate of drug-likeness (QED) is 0.879. The number of hydrogen-bond acceptors (Lipinski definition) is 4. The summed E-state index contributed by atoms with van der Waals surface area (Å²) in [6.45, 7) is 0. The highest BCUT2D eigenvalue weighted by molar-refractivity contribution is 7.92. The van der Waals surface area contributed by atoms with Crippen LogP contribution in [0.1, 0.15) is 10.4 Å². The van der Waals surface area contributed by atoms with Crippen LogP contribution in [0.15, 0.2) is 35.7 Å². The lowest BCUT2D eigenvalue weighted by Gasteiger charge is -2.07. The number of aryl methyl sites for hydroxylation is 1. The van der Waals surface area contributed by atoms with Crippen LogP contribution in [0.2, 0.25) is 0 Å². The second kappa shape index (κ2) is 4.93. The second-order valence-electron chi connectivity index (χ2n) is 3.98. The number of aromatic carboxylic acids is 1. The summed E-state index contributed by atoms with van der Waals surface area (Å²) >= 11 is 0. The van der Waals surface area contributed by atoms with Gasteiger partial charge in [0.05, 0.1) is 17.6 Å². The number of imidazole rings is 1. The molecular formula is C11H10FN3O4S. The predicted molar refractivity (Wildman–Crippen MR) is 67.4 cm³/mol. The molecule has 0 saturated heterocycles. The lowest BCUT2D eigenvalue weighted by molar-refractivity contribution is 0.0697. The third kappa shape index (κ3) is 2.77. The summed E-state index contributed by atoms with van der Waals surface area (Å²) < 4.78 is 40.8. The SMILES string of the molecule is Cn1cnc(S(=O)(=O)Nc2cc(C(=O)O)ccc2F)c1. The third-order valence-electron chi connectivity index (χ3n) is 2.41. The Morgan fingerprint density at radius 3 is 2.70 bits per heavy atom. The number of anilines is 1. The zero-order chi connectivity index (χ0) is 14.9. The molecule has 1 aromatic carbocycles. The monoisotopic (exact) mass is 299 g/mol. The van der Waals surface area contributed by atoms with E-state index in [1.807, 2.05) is 4.72 Å². The van der Waals surface area contributed by atoms with Crippen LogP contribution < -0.4 is 4.72 Å². The normalized spacial score (nSPS) is 11.3. The standard InChI is InChI=1S/C11H10FN3O4S/c1-15-5-10(13-6-15)20(18,19)14-9-4-7(11(16)17)2-3-8(9)12/h2-6,14H,1H3,(H,16,17). The molecule has 0 aliphatic rings. The van der Waals surface area contributed by atoms with E-state index in [0.29, 0.717) is 0 Å². The molecule has 7 nitrogen and oxygen atoms in total. The number of carbonyl (C=O) groups is 1. The first-order valence-electron chi connectivity index (χ1n) is 5.33. The van der Waals surface area contributed by atoms with Crippen molar-refractivity contribution in [1.29, 1.82) is 0 Å². The van der Waals surface area contributed by atoms with Crippen molar-refractivity contribution in [3.05, 3.63) is 42.1 Å². The van der Waals surface area contributed by atoms with Crippen LogP contribution in [0, 0.1) is 5.82 Å². The molecule has 2 N–H and O–H groups in total.